The van der Waals surface area contributed by atoms with Crippen LogP contribution in [0.15, 0.2) is 10.5 Å². The number of ether oxygens (including phenoxy) is 2. The summed E-state index contributed by atoms with van der Waals surface area (Å²) < 4.78 is 12.7. The Morgan fingerprint density at radius 1 is 1.53 bits per heavy atom. The Hall–Kier alpha value is 0.870. The maximum absolute atomic E-state index is 5.99. The van der Waals surface area contributed by atoms with Crippen molar-refractivity contribution in [1.29, 1.82) is 0 Å². The summed E-state index contributed by atoms with van der Waals surface area (Å²) in [6.45, 7) is 1.97. The van der Waals surface area contributed by atoms with Gasteiger partial charge in [-0.25, -0.2) is 0 Å². The van der Waals surface area contributed by atoms with Crippen LogP contribution in [0.2, 0.25) is 4.34 Å². The molecule has 1 fully saturated rings. The molecule has 0 saturated carbocycles. The molecule has 1 aliphatic rings. The van der Waals surface area contributed by atoms with Crippen molar-refractivity contribution >= 4 is 54.8 Å². The predicted octanol–water partition coefficient (Wildman–Crippen LogP) is 4.02. The van der Waals surface area contributed by atoms with E-state index in [0.29, 0.717) is 19.8 Å². The van der Waals surface area contributed by atoms with Crippen LogP contribution in [0.4, 0.5) is 0 Å². The minimum absolute atomic E-state index is 0.0698. The Balaban J connectivity index is 2.08. The SMILES string of the molecule is Clc1sc(C(Br)C2COCCO2)cc1Br. The Bertz CT molecular complexity index is 319. The van der Waals surface area contributed by atoms with Crippen LogP contribution in [0.3, 0.4) is 0 Å². The first-order chi connectivity index (χ1) is 7.18. The fourth-order valence-electron chi connectivity index (χ4n) is 1.36. The van der Waals surface area contributed by atoms with Crippen LogP contribution in [0.25, 0.3) is 0 Å². The molecule has 84 valence electrons. The van der Waals surface area contributed by atoms with Gasteiger partial charge in [-0.3, -0.25) is 0 Å². The van der Waals surface area contributed by atoms with Gasteiger partial charge in [-0.15, -0.1) is 11.3 Å². The maximum Gasteiger partial charge on any atom is 0.107 e. The monoisotopic (exact) mass is 374 g/mol. The molecule has 1 saturated heterocycles. The van der Waals surface area contributed by atoms with Crippen molar-refractivity contribution < 1.29 is 9.47 Å². The van der Waals surface area contributed by atoms with E-state index in [0.717, 1.165) is 13.7 Å². The van der Waals surface area contributed by atoms with E-state index in [1.54, 1.807) is 11.3 Å². The summed E-state index contributed by atoms with van der Waals surface area (Å²) in [5.41, 5.74) is 0. The highest BCUT2D eigenvalue weighted by Crippen LogP contribution is 2.40. The summed E-state index contributed by atoms with van der Waals surface area (Å²) in [6, 6.07) is 2.02. The zero-order chi connectivity index (χ0) is 10.8. The molecular formula is C9H9Br2ClO2S. The molecule has 0 bridgehead atoms. The highest BCUT2D eigenvalue weighted by atomic mass is 79.9. The van der Waals surface area contributed by atoms with Crippen LogP contribution in [0, 0.1) is 0 Å². The average Bonchev–Trinajstić information content (AvgIpc) is 2.59. The van der Waals surface area contributed by atoms with Gasteiger partial charge in [0, 0.05) is 9.35 Å². The number of hydrogen-bond acceptors (Lipinski definition) is 3. The average molecular weight is 376 g/mol. The molecule has 1 aliphatic heterocycles. The summed E-state index contributed by atoms with van der Waals surface area (Å²) in [5.74, 6) is 0. The van der Waals surface area contributed by atoms with Gasteiger partial charge < -0.3 is 9.47 Å². The maximum atomic E-state index is 5.99. The molecule has 0 N–H and O–H groups in total. The molecule has 0 aliphatic carbocycles. The predicted molar refractivity (Wildman–Crippen MR) is 69.3 cm³/mol. The molecule has 1 aromatic rings. The molecule has 0 amide bonds. The molecule has 0 radical (unpaired) electrons. The molecular weight excluding hydrogens is 367 g/mol. The van der Waals surface area contributed by atoms with E-state index in [1.165, 1.54) is 0 Å². The lowest BCUT2D eigenvalue weighted by atomic mass is 10.2. The van der Waals surface area contributed by atoms with E-state index in [-0.39, 0.29) is 10.9 Å². The normalized spacial score (nSPS) is 24.1. The minimum Gasteiger partial charge on any atom is -0.376 e. The third-order valence-corrected chi connectivity index (χ3v) is 6.05. The van der Waals surface area contributed by atoms with Gasteiger partial charge in [0.2, 0.25) is 0 Å². The Morgan fingerprint density at radius 2 is 2.33 bits per heavy atom. The molecule has 0 aromatic carbocycles. The smallest absolute Gasteiger partial charge is 0.107 e. The summed E-state index contributed by atoms with van der Waals surface area (Å²) in [4.78, 5) is 1.30. The van der Waals surface area contributed by atoms with Crippen molar-refractivity contribution in [1.82, 2.24) is 0 Å². The van der Waals surface area contributed by atoms with Crippen LogP contribution in [-0.2, 0) is 9.47 Å². The van der Waals surface area contributed by atoms with E-state index < -0.39 is 0 Å². The van der Waals surface area contributed by atoms with Crippen LogP contribution >= 0.6 is 54.8 Å². The highest BCUT2D eigenvalue weighted by molar-refractivity contribution is 9.10. The second kappa shape index (κ2) is 5.47. The van der Waals surface area contributed by atoms with Crippen molar-refractivity contribution in [2.24, 2.45) is 0 Å². The van der Waals surface area contributed by atoms with E-state index in [1.807, 2.05) is 6.07 Å². The van der Waals surface area contributed by atoms with Gasteiger partial charge >= 0.3 is 0 Å². The quantitative estimate of drug-likeness (QED) is 0.726. The van der Waals surface area contributed by atoms with E-state index >= 15 is 0 Å². The third kappa shape index (κ3) is 2.96. The first-order valence-corrected chi connectivity index (χ1v) is 7.37. The molecule has 2 atom stereocenters. The van der Waals surface area contributed by atoms with Gasteiger partial charge in [0.25, 0.3) is 0 Å². The lowest BCUT2D eigenvalue weighted by Gasteiger charge is -2.26. The molecule has 2 nitrogen and oxygen atoms in total. The molecule has 2 unspecified atom stereocenters. The zero-order valence-corrected chi connectivity index (χ0v) is 12.5. The largest absolute Gasteiger partial charge is 0.376 e. The molecule has 2 heterocycles. The topological polar surface area (TPSA) is 18.5 Å². The summed E-state index contributed by atoms with van der Waals surface area (Å²) in [6.07, 6.45) is 0.0698. The van der Waals surface area contributed by atoms with E-state index in [4.69, 9.17) is 21.1 Å². The molecule has 0 spiro atoms. The number of alkyl halides is 1. The summed E-state index contributed by atoms with van der Waals surface area (Å²) in [5, 5.41) is 0. The van der Waals surface area contributed by atoms with Gasteiger partial charge in [-0.1, -0.05) is 27.5 Å². The molecule has 1 aromatic heterocycles. The van der Waals surface area contributed by atoms with E-state index in [9.17, 15) is 0 Å². The highest BCUT2D eigenvalue weighted by Gasteiger charge is 2.26. The Labute approximate surface area is 114 Å². The fourth-order valence-corrected chi connectivity index (χ4v) is 3.84. The Kier molecular flexibility index (Phi) is 4.50. The van der Waals surface area contributed by atoms with Crippen molar-refractivity contribution in [2.45, 2.75) is 10.9 Å². The second-order valence-corrected chi connectivity index (χ2v) is 6.68. The van der Waals surface area contributed by atoms with Crippen molar-refractivity contribution in [3.63, 3.8) is 0 Å². The second-order valence-electron chi connectivity index (χ2n) is 3.16. The third-order valence-electron chi connectivity index (χ3n) is 2.10. The van der Waals surface area contributed by atoms with Crippen LogP contribution in [0.5, 0.6) is 0 Å². The van der Waals surface area contributed by atoms with Gasteiger partial charge in [0.15, 0.2) is 0 Å². The number of halogens is 3. The van der Waals surface area contributed by atoms with Crippen LogP contribution in [0.1, 0.15) is 9.70 Å². The van der Waals surface area contributed by atoms with Crippen molar-refractivity contribution in [3.8, 4) is 0 Å². The molecule has 6 heteroatoms. The van der Waals surface area contributed by atoms with Crippen molar-refractivity contribution in [3.05, 3.63) is 19.8 Å². The fraction of sp³-hybridized carbons (Fsp3) is 0.556. The summed E-state index contributed by atoms with van der Waals surface area (Å²) >= 11 is 14.6. The van der Waals surface area contributed by atoms with Crippen molar-refractivity contribution in [2.75, 3.05) is 19.8 Å². The molecule has 15 heavy (non-hydrogen) atoms. The summed E-state index contributed by atoms with van der Waals surface area (Å²) in [7, 11) is 0. The first kappa shape index (κ1) is 12.3. The number of rotatable bonds is 2. The lowest BCUT2D eigenvalue weighted by molar-refractivity contribution is -0.0873. The zero-order valence-electron chi connectivity index (χ0n) is 7.71. The standard InChI is InChI=1S/C9H9Br2ClO2S/c10-5-3-7(15-9(5)12)8(11)6-4-13-1-2-14-6/h3,6,8H,1-2,4H2. The van der Waals surface area contributed by atoms with Gasteiger partial charge in [-0.05, 0) is 22.0 Å². The number of hydrogen-bond donors (Lipinski definition) is 0. The minimum atomic E-state index is 0.0698. The van der Waals surface area contributed by atoms with E-state index in [2.05, 4.69) is 31.9 Å². The van der Waals surface area contributed by atoms with Gasteiger partial charge in [-0.2, -0.15) is 0 Å². The first-order valence-electron chi connectivity index (χ1n) is 4.46. The van der Waals surface area contributed by atoms with Crippen LogP contribution < -0.4 is 0 Å². The van der Waals surface area contributed by atoms with Crippen LogP contribution in [-0.4, -0.2) is 25.9 Å². The van der Waals surface area contributed by atoms with Gasteiger partial charge in [0.1, 0.15) is 4.34 Å². The molecule has 2 rings (SSSR count). The number of thiophene rings is 1. The Morgan fingerprint density at radius 3 is 2.87 bits per heavy atom. The lowest BCUT2D eigenvalue weighted by Crippen LogP contribution is -2.31. The van der Waals surface area contributed by atoms with Gasteiger partial charge in [0.05, 0.1) is 30.8 Å².